The van der Waals surface area contributed by atoms with E-state index in [1.165, 1.54) is 11.6 Å². The van der Waals surface area contributed by atoms with E-state index in [0.29, 0.717) is 13.2 Å². The Kier molecular flexibility index (Phi) is 6.41. The Morgan fingerprint density at radius 1 is 1.22 bits per heavy atom. The predicted molar refractivity (Wildman–Crippen MR) is 95.3 cm³/mol. The van der Waals surface area contributed by atoms with Crippen molar-refractivity contribution in [2.45, 2.75) is 20.5 Å². The Balaban J connectivity index is 2.02. The molecule has 2 rings (SSSR count). The fourth-order valence-electron chi connectivity index (χ4n) is 2.02. The van der Waals surface area contributed by atoms with E-state index in [1.54, 1.807) is 13.0 Å². The van der Waals surface area contributed by atoms with E-state index in [9.17, 15) is 4.79 Å². The van der Waals surface area contributed by atoms with Crippen LogP contribution in [-0.2, 0) is 16.1 Å². The summed E-state index contributed by atoms with van der Waals surface area (Å²) < 4.78 is 11.6. The van der Waals surface area contributed by atoms with E-state index < -0.39 is 0 Å². The van der Waals surface area contributed by atoms with Gasteiger partial charge in [-0.2, -0.15) is 0 Å². The molecule has 0 N–H and O–H groups in total. The Labute approximate surface area is 145 Å². The number of carbonyl (C=O) groups is 1. The summed E-state index contributed by atoms with van der Waals surface area (Å²) in [6.45, 7) is 4.74. The minimum Gasteiger partial charge on any atom is -0.488 e. The van der Waals surface area contributed by atoms with Gasteiger partial charge >= 0.3 is 5.97 Å². The third kappa shape index (κ3) is 5.25. The van der Waals surface area contributed by atoms with Crippen molar-refractivity contribution in [2.24, 2.45) is 0 Å². The van der Waals surface area contributed by atoms with Crippen LogP contribution in [0.15, 0.2) is 53.0 Å². The van der Waals surface area contributed by atoms with Crippen LogP contribution in [0.1, 0.15) is 23.6 Å². The molecule has 0 atom stereocenters. The highest BCUT2D eigenvalue weighted by Crippen LogP contribution is 2.27. The van der Waals surface area contributed by atoms with Gasteiger partial charge in [-0.15, -0.1) is 0 Å². The minimum absolute atomic E-state index is 0.344. The average Bonchev–Trinajstić information content (AvgIpc) is 2.54. The van der Waals surface area contributed by atoms with Gasteiger partial charge in [-0.3, -0.25) is 0 Å². The van der Waals surface area contributed by atoms with Gasteiger partial charge in [0.1, 0.15) is 12.4 Å². The van der Waals surface area contributed by atoms with Crippen molar-refractivity contribution in [3.05, 3.63) is 69.7 Å². The topological polar surface area (TPSA) is 35.5 Å². The van der Waals surface area contributed by atoms with Gasteiger partial charge in [0.25, 0.3) is 0 Å². The summed E-state index contributed by atoms with van der Waals surface area (Å²) in [5.41, 5.74) is 3.26. The first-order valence-electron chi connectivity index (χ1n) is 7.42. The van der Waals surface area contributed by atoms with Crippen LogP contribution in [0.4, 0.5) is 0 Å². The molecule has 4 heteroatoms. The van der Waals surface area contributed by atoms with Gasteiger partial charge in [0.05, 0.1) is 11.1 Å². The van der Waals surface area contributed by atoms with Crippen LogP contribution in [0.3, 0.4) is 0 Å². The maximum atomic E-state index is 11.3. The van der Waals surface area contributed by atoms with Crippen molar-refractivity contribution >= 4 is 28.0 Å². The monoisotopic (exact) mass is 374 g/mol. The SMILES string of the molecule is CCOC(=O)/C=C/c1ccc(OCc2ccccc2C)c(Br)c1. The summed E-state index contributed by atoms with van der Waals surface area (Å²) in [6.07, 6.45) is 3.13. The van der Waals surface area contributed by atoms with Crippen LogP contribution in [0.2, 0.25) is 0 Å². The van der Waals surface area contributed by atoms with Gasteiger partial charge < -0.3 is 9.47 Å². The van der Waals surface area contributed by atoms with E-state index in [-0.39, 0.29) is 5.97 Å². The number of hydrogen-bond acceptors (Lipinski definition) is 3. The number of halogens is 1. The second-order valence-electron chi connectivity index (χ2n) is 4.99. The highest BCUT2D eigenvalue weighted by atomic mass is 79.9. The minimum atomic E-state index is -0.344. The van der Waals surface area contributed by atoms with Crippen LogP contribution in [0.5, 0.6) is 5.75 Å². The fourth-order valence-corrected chi connectivity index (χ4v) is 2.53. The molecule has 2 aromatic carbocycles. The van der Waals surface area contributed by atoms with Crippen LogP contribution in [0, 0.1) is 6.92 Å². The summed E-state index contributed by atoms with van der Waals surface area (Å²) in [6, 6.07) is 13.8. The molecule has 0 amide bonds. The summed E-state index contributed by atoms with van der Waals surface area (Å²) in [7, 11) is 0. The van der Waals surface area contributed by atoms with Crippen molar-refractivity contribution in [2.75, 3.05) is 6.61 Å². The first-order valence-corrected chi connectivity index (χ1v) is 8.21. The molecule has 120 valence electrons. The molecule has 0 heterocycles. The van der Waals surface area contributed by atoms with Gasteiger partial charge in [-0.05, 0) is 64.7 Å². The average molecular weight is 375 g/mol. The van der Waals surface area contributed by atoms with E-state index in [0.717, 1.165) is 21.3 Å². The zero-order valence-electron chi connectivity index (χ0n) is 13.2. The number of esters is 1. The molecule has 0 saturated carbocycles. The molecule has 0 saturated heterocycles. The van der Waals surface area contributed by atoms with Gasteiger partial charge in [-0.1, -0.05) is 30.3 Å². The lowest BCUT2D eigenvalue weighted by molar-refractivity contribution is -0.137. The lowest BCUT2D eigenvalue weighted by Gasteiger charge is -2.10. The normalized spacial score (nSPS) is 10.7. The molecule has 0 aliphatic carbocycles. The van der Waals surface area contributed by atoms with Crippen molar-refractivity contribution in [3.8, 4) is 5.75 Å². The maximum Gasteiger partial charge on any atom is 0.330 e. The number of carbonyl (C=O) groups excluding carboxylic acids is 1. The Hall–Kier alpha value is -2.07. The van der Waals surface area contributed by atoms with Crippen LogP contribution in [-0.4, -0.2) is 12.6 Å². The highest BCUT2D eigenvalue weighted by Gasteiger charge is 2.04. The smallest absolute Gasteiger partial charge is 0.330 e. The Morgan fingerprint density at radius 2 is 2.00 bits per heavy atom. The largest absolute Gasteiger partial charge is 0.488 e. The zero-order chi connectivity index (χ0) is 16.7. The maximum absolute atomic E-state index is 11.3. The van der Waals surface area contributed by atoms with E-state index in [1.807, 2.05) is 30.3 Å². The summed E-state index contributed by atoms with van der Waals surface area (Å²) in [5, 5.41) is 0. The number of rotatable bonds is 6. The van der Waals surface area contributed by atoms with E-state index in [2.05, 4.69) is 35.0 Å². The third-order valence-electron chi connectivity index (χ3n) is 3.30. The predicted octanol–water partition coefficient (Wildman–Crippen LogP) is 4.91. The summed E-state index contributed by atoms with van der Waals surface area (Å²) in [5.74, 6) is 0.421. The molecule has 0 radical (unpaired) electrons. The number of aryl methyl sites for hydroxylation is 1. The molecular weight excluding hydrogens is 356 g/mol. The summed E-state index contributed by atoms with van der Waals surface area (Å²) >= 11 is 3.50. The molecule has 0 fully saturated rings. The Morgan fingerprint density at radius 3 is 2.70 bits per heavy atom. The van der Waals surface area contributed by atoms with Gasteiger partial charge in [-0.25, -0.2) is 4.79 Å². The second kappa shape index (κ2) is 8.53. The highest BCUT2D eigenvalue weighted by molar-refractivity contribution is 9.10. The van der Waals surface area contributed by atoms with Crippen LogP contribution >= 0.6 is 15.9 Å². The van der Waals surface area contributed by atoms with Gasteiger partial charge in [0.15, 0.2) is 0 Å². The lowest BCUT2D eigenvalue weighted by atomic mass is 10.1. The van der Waals surface area contributed by atoms with Gasteiger partial charge in [0, 0.05) is 6.08 Å². The van der Waals surface area contributed by atoms with Crippen LogP contribution in [0.25, 0.3) is 6.08 Å². The van der Waals surface area contributed by atoms with Crippen molar-refractivity contribution in [3.63, 3.8) is 0 Å². The second-order valence-corrected chi connectivity index (χ2v) is 5.84. The number of benzene rings is 2. The van der Waals surface area contributed by atoms with E-state index >= 15 is 0 Å². The Bertz CT molecular complexity index is 708. The quantitative estimate of drug-likeness (QED) is 0.532. The van der Waals surface area contributed by atoms with Crippen molar-refractivity contribution in [1.29, 1.82) is 0 Å². The molecule has 2 aromatic rings. The lowest BCUT2D eigenvalue weighted by Crippen LogP contribution is -1.99. The molecule has 0 unspecified atom stereocenters. The van der Waals surface area contributed by atoms with E-state index in [4.69, 9.17) is 9.47 Å². The first-order chi connectivity index (χ1) is 11.1. The number of hydrogen-bond donors (Lipinski definition) is 0. The number of ether oxygens (including phenoxy) is 2. The van der Waals surface area contributed by atoms with Crippen molar-refractivity contribution < 1.29 is 14.3 Å². The molecule has 0 spiro atoms. The van der Waals surface area contributed by atoms with Crippen molar-refractivity contribution in [1.82, 2.24) is 0 Å². The summed E-state index contributed by atoms with van der Waals surface area (Å²) in [4.78, 5) is 11.3. The van der Waals surface area contributed by atoms with Gasteiger partial charge in [0.2, 0.25) is 0 Å². The molecular formula is C19H19BrO3. The third-order valence-corrected chi connectivity index (χ3v) is 3.92. The fraction of sp³-hybridized carbons (Fsp3) is 0.211. The zero-order valence-corrected chi connectivity index (χ0v) is 14.8. The first kappa shape index (κ1) is 17.3. The standard InChI is InChI=1S/C19H19BrO3/c1-3-22-19(21)11-9-15-8-10-18(17(20)12-15)23-13-16-7-5-4-6-14(16)2/h4-12H,3,13H2,1-2H3/b11-9+. The molecule has 3 nitrogen and oxygen atoms in total. The molecule has 0 aliphatic rings. The molecule has 0 bridgehead atoms. The molecule has 23 heavy (non-hydrogen) atoms. The molecule has 0 aliphatic heterocycles. The van der Waals surface area contributed by atoms with Crippen LogP contribution < -0.4 is 4.74 Å². The molecule has 0 aromatic heterocycles.